The minimum absolute atomic E-state index is 0.696. The molecule has 1 saturated carbocycles. The van der Waals surface area contributed by atoms with Gasteiger partial charge in [-0.2, -0.15) is 11.8 Å². The molecule has 1 N–H and O–H groups in total. The largest absolute Gasteiger partial charge is 0.316 e. The Balaban J connectivity index is 2.15. The summed E-state index contributed by atoms with van der Waals surface area (Å²) in [6, 6.07) is 0.696. The molecule has 14 heavy (non-hydrogen) atoms. The zero-order valence-electron chi connectivity index (χ0n) is 9.88. The quantitative estimate of drug-likeness (QED) is 0.729. The molecule has 0 spiro atoms. The highest BCUT2D eigenvalue weighted by atomic mass is 32.2. The van der Waals surface area contributed by atoms with Crippen molar-refractivity contribution in [1.82, 2.24) is 5.32 Å². The van der Waals surface area contributed by atoms with Gasteiger partial charge in [0, 0.05) is 11.3 Å². The molecule has 1 aliphatic rings. The van der Waals surface area contributed by atoms with E-state index in [2.05, 4.69) is 38.0 Å². The lowest BCUT2D eigenvalue weighted by Gasteiger charge is -2.22. The molecule has 0 aliphatic heterocycles. The monoisotopic (exact) mass is 215 g/mol. The Labute approximate surface area is 93.4 Å². The molecule has 84 valence electrons. The van der Waals surface area contributed by atoms with Crippen LogP contribution in [0, 0.1) is 5.92 Å². The highest BCUT2D eigenvalue weighted by Crippen LogP contribution is 2.30. The van der Waals surface area contributed by atoms with Crippen molar-refractivity contribution in [2.45, 2.75) is 57.2 Å². The van der Waals surface area contributed by atoms with Crippen molar-refractivity contribution in [3.05, 3.63) is 0 Å². The van der Waals surface area contributed by atoms with Crippen LogP contribution in [0.5, 0.6) is 0 Å². The van der Waals surface area contributed by atoms with E-state index in [0.717, 1.165) is 11.2 Å². The zero-order valence-corrected chi connectivity index (χ0v) is 10.7. The molecule has 0 amide bonds. The summed E-state index contributed by atoms with van der Waals surface area (Å²) < 4.78 is 0. The molecule has 0 saturated heterocycles. The fraction of sp³-hybridized carbons (Fsp3) is 1.00. The van der Waals surface area contributed by atoms with Crippen LogP contribution in [0.4, 0.5) is 0 Å². The smallest absolute Gasteiger partial charge is 0.0178 e. The van der Waals surface area contributed by atoms with Gasteiger partial charge in [-0.25, -0.2) is 0 Å². The predicted molar refractivity (Wildman–Crippen MR) is 67.0 cm³/mol. The number of hydrogen-bond donors (Lipinski definition) is 1. The van der Waals surface area contributed by atoms with Crippen LogP contribution < -0.4 is 5.32 Å². The third-order valence-electron chi connectivity index (χ3n) is 3.45. The van der Waals surface area contributed by atoms with Gasteiger partial charge in [-0.15, -0.1) is 0 Å². The first-order valence-electron chi connectivity index (χ1n) is 6.06. The van der Waals surface area contributed by atoms with Crippen molar-refractivity contribution in [1.29, 1.82) is 0 Å². The summed E-state index contributed by atoms with van der Waals surface area (Å²) in [5.41, 5.74) is 0. The first-order valence-corrected chi connectivity index (χ1v) is 7.11. The van der Waals surface area contributed by atoms with Crippen LogP contribution in [0.2, 0.25) is 0 Å². The maximum atomic E-state index is 3.41. The van der Waals surface area contributed by atoms with Gasteiger partial charge >= 0.3 is 0 Å². The van der Waals surface area contributed by atoms with Gasteiger partial charge in [0.15, 0.2) is 0 Å². The van der Waals surface area contributed by atoms with E-state index in [1.807, 2.05) is 0 Å². The normalized spacial score (nSPS) is 22.5. The van der Waals surface area contributed by atoms with E-state index < -0.39 is 0 Å². The van der Waals surface area contributed by atoms with Crippen molar-refractivity contribution >= 4 is 11.8 Å². The van der Waals surface area contributed by atoms with Crippen LogP contribution in [0.1, 0.15) is 46.0 Å². The summed E-state index contributed by atoms with van der Waals surface area (Å²) >= 11 is 2.17. The van der Waals surface area contributed by atoms with E-state index in [-0.39, 0.29) is 0 Å². The maximum Gasteiger partial charge on any atom is 0.0178 e. The second-order valence-corrected chi connectivity index (χ2v) is 5.90. The molecule has 0 radical (unpaired) electrons. The fourth-order valence-electron chi connectivity index (χ4n) is 2.35. The molecule has 1 aliphatic carbocycles. The SMILES string of the molecule is CCC(NC)C(C)SCC1CCCC1. The van der Waals surface area contributed by atoms with E-state index in [4.69, 9.17) is 0 Å². The zero-order chi connectivity index (χ0) is 10.4. The Bertz CT molecular complexity index is 139. The van der Waals surface area contributed by atoms with Crippen molar-refractivity contribution in [3.63, 3.8) is 0 Å². The van der Waals surface area contributed by atoms with Crippen molar-refractivity contribution in [2.24, 2.45) is 5.92 Å². The molecular formula is C12H25NS. The molecule has 2 heteroatoms. The molecule has 0 heterocycles. The Hall–Kier alpha value is 0.310. The van der Waals surface area contributed by atoms with E-state index in [9.17, 15) is 0 Å². The highest BCUT2D eigenvalue weighted by molar-refractivity contribution is 7.99. The highest BCUT2D eigenvalue weighted by Gasteiger charge is 2.19. The summed E-state index contributed by atoms with van der Waals surface area (Å²) in [6.07, 6.45) is 7.16. The summed E-state index contributed by atoms with van der Waals surface area (Å²) in [4.78, 5) is 0. The van der Waals surface area contributed by atoms with Gasteiger partial charge in [0.2, 0.25) is 0 Å². The average Bonchev–Trinajstić information content (AvgIpc) is 2.69. The first-order chi connectivity index (χ1) is 6.77. The van der Waals surface area contributed by atoms with Crippen molar-refractivity contribution in [2.75, 3.05) is 12.8 Å². The van der Waals surface area contributed by atoms with E-state index in [1.54, 1.807) is 0 Å². The van der Waals surface area contributed by atoms with Gasteiger partial charge in [-0.05, 0) is 38.0 Å². The maximum absolute atomic E-state index is 3.41. The van der Waals surface area contributed by atoms with Crippen LogP contribution >= 0.6 is 11.8 Å². The molecule has 0 aromatic carbocycles. The molecule has 2 atom stereocenters. The lowest BCUT2D eigenvalue weighted by Crippen LogP contribution is -2.33. The van der Waals surface area contributed by atoms with Crippen molar-refractivity contribution < 1.29 is 0 Å². The number of rotatable bonds is 6. The second-order valence-electron chi connectivity index (χ2n) is 4.49. The van der Waals surface area contributed by atoms with Crippen molar-refractivity contribution in [3.8, 4) is 0 Å². The third-order valence-corrected chi connectivity index (χ3v) is 4.96. The second kappa shape index (κ2) is 6.73. The minimum atomic E-state index is 0.696. The Kier molecular flexibility index (Phi) is 5.95. The first kappa shape index (κ1) is 12.4. The summed E-state index contributed by atoms with van der Waals surface area (Å²) in [6.45, 7) is 4.64. The fourth-order valence-corrected chi connectivity index (χ4v) is 3.82. The van der Waals surface area contributed by atoms with Crippen LogP contribution in [-0.2, 0) is 0 Å². The van der Waals surface area contributed by atoms with Gasteiger partial charge < -0.3 is 5.32 Å². The number of hydrogen-bond acceptors (Lipinski definition) is 2. The Morgan fingerprint density at radius 2 is 2.00 bits per heavy atom. The number of thioether (sulfide) groups is 1. The van der Waals surface area contributed by atoms with Gasteiger partial charge in [-0.3, -0.25) is 0 Å². The third kappa shape index (κ3) is 3.82. The minimum Gasteiger partial charge on any atom is -0.316 e. The van der Waals surface area contributed by atoms with Gasteiger partial charge in [0.25, 0.3) is 0 Å². The standard InChI is InChI=1S/C12H25NS/c1-4-12(13-3)10(2)14-9-11-7-5-6-8-11/h10-13H,4-9H2,1-3H3. The summed E-state index contributed by atoms with van der Waals surface area (Å²) in [7, 11) is 2.08. The van der Waals surface area contributed by atoms with Gasteiger partial charge in [0.1, 0.15) is 0 Å². The van der Waals surface area contributed by atoms with Crippen LogP contribution in [0.25, 0.3) is 0 Å². The Morgan fingerprint density at radius 1 is 1.36 bits per heavy atom. The summed E-state index contributed by atoms with van der Waals surface area (Å²) in [5.74, 6) is 2.41. The van der Waals surface area contributed by atoms with Gasteiger partial charge in [0.05, 0.1) is 0 Å². The molecule has 2 unspecified atom stereocenters. The lowest BCUT2D eigenvalue weighted by molar-refractivity contribution is 0.538. The molecule has 1 rings (SSSR count). The molecule has 1 fully saturated rings. The van der Waals surface area contributed by atoms with E-state index >= 15 is 0 Å². The molecular weight excluding hydrogens is 190 g/mol. The topological polar surface area (TPSA) is 12.0 Å². The van der Waals surface area contributed by atoms with Crippen LogP contribution in [0.3, 0.4) is 0 Å². The van der Waals surface area contributed by atoms with Crippen LogP contribution in [-0.4, -0.2) is 24.1 Å². The lowest BCUT2D eigenvalue weighted by atomic mass is 10.1. The van der Waals surface area contributed by atoms with Gasteiger partial charge in [-0.1, -0.05) is 26.7 Å². The van der Waals surface area contributed by atoms with E-state index in [1.165, 1.54) is 37.9 Å². The average molecular weight is 215 g/mol. The number of nitrogens with one attached hydrogen (secondary N) is 1. The molecule has 0 bridgehead atoms. The van der Waals surface area contributed by atoms with E-state index in [0.29, 0.717) is 6.04 Å². The molecule has 1 nitrogen and oxygen atoms in total. The van der Waals surface area contributed by atoms with Crippen LogP contribution in [0.15, 0.2) is 0 Å². The molecule has 0 aromatic rings. The summed E-state index contributed by atoms with van der Waals surface area (Å²) in [5, 5.41) is 4.18. The molecule has 0 aromatic heterocycles. The predicted octanol–water partition coefficient (Wildman–Crippen LogP) is 3.30. The Morgan fingerprint density at radius 3 is 2.50 bits per heavy atom.